The second-order valence-electron chi connectivity index (χ2n) is 4.60. The standard InChI is InChI=1S/C14H20ClN3O3/c15-11-6-2-1-5-10(11)9-21-14(20)18-8-4-3-7-12(16)13(17)19/h1-2,5-6,12H,3-4,7-9,16H2,(H2,17,19)(H,18,20)/t12-/m0/s1. The molecule has 0 radical (unpaired) electrons. The molecule has 0 spiro atoms. The number of amides is 2. The van der Waals surface area contributed by atoms with Crippen LogP contribution >= 0.6 is 11.6 Å². The molecule has 1 aromatic rings. The van der Waals surface area contributed by atoms with Crippen LogP contribution < -0.4 is 16.8 Å². The molecule has 116 valence electrons. The highest BCUT2D eigenvalue weighted by Crippen LogP contribution is 2.15. The van der Waals surface area contributed by atoms with E-state index in [0.29, 0.717) is 30.8 Å². The second kappa shape index (κ2) is 9.20. The van der Waals surface area contributed by atoms with E-state index in [1.54, 1.807) is 12.1 Å². The minimum Gasteiger partial charge on any atom is -0.445 e. The number of rotatable bonds is 8. The first-order valence-corrected chi connectivity index (χ1v) is 7.07. The lowest BCUT2D eigenvalue weighted by Gasteiger charge is -2.09. The van der Waals surface area contributed by atoms with Crippen molar-refractivity contribution in [1.82, 2.24) is 5.32 Å². The highest BCUT2D eigenvalue weighted by molar-refractivity contribution is 6.31. The van der Waals surface area contributed by atoms with E-state index in [4.69, 9.17) is 27.8 Å². The topological polar surface area (TPSA) is 107 Å². The zero-order valence-corrected chi connectivity index (χ0v) is 12.4. The lowest BCUT2D eigenvalue weighted by Crippen LogP contribution is -2.36. The summed E-state index contributed by atoms with van der Waals surface area (Å²) in [5.74, 6) is -0.512. The average Bonchev–Trinajstić information content (AvgIpc) is 2.45. The molecule has 7 heteroatoms. The van der Waals surface area contributed by atoms with Crippen LogP contribution in [-0.4, -0.2) is 24.6 Å². The summed E-state index contributed by atoms with van der Waals surface area (Å²) in [5, 5.41) is 3.17. The SMILES string of the molecule is NC(=O)[C@@H](N)CCCCNC(=O)OCc1ccccc1Cl. The number of carbonyl (C=O) groups is 2. The van der Waals surface area contributed by atoms with E-state index in [0.717, 1.165) is 5.56 Å². The first kappa shape index (κ1) is 17.3. The van der Waals surface area contributed by atoms with Gasteiger partial charge < -0.3 is 21.5 Å². The van der Waals surface area contributed by atoms with E-state index < -0.39 is 18.0 Å². The molecule has 0 saturated heterocycles. The van der Waals surface area contributed by atoms with Crippen molar-refractivity contribution in [3.63, 3.8) is 0 Å². The zero-order valence-electron chi connectivity index (χ0n) is 11.7. The Kier molecular flexibility index (Phi) is 7.56. The maximum atomic E-state index is 11.5. The van der Waals surface area contributed by atoms with Crippen LogP contribution in [-0.2, 0) is 16.1 Å². The van der Waals surface area contributed by atoms with Crippen LogP contribution in [0.5, 0.6) is 0 Å². The Morgan fingerprint density at radius 1 is 1.29 bits per heavy atom. The molecular weight excluding hydrogens is 294 g/mol. The summed E-state index contributed by atoms with van der Waals surface area (Å²) in [7, 11) is 0. The summed E-state index contributed by atoms with van der Waals surface area (Å²) < 4.78 is 5.04. The van der Waals surface area contributed by atoms with Gasteiger partial charge in [-0.2, -0.15) is 0 Å². The fourth-order valence-electron chi connectivity index (χ4n) is 1.63. The molecule has 0 aliphatic rings. The van der Waals surface area contributed by atoms with Crippen LogP contribution in [0.3, 0.4) is 0 Å². The summed E-state index contributed by atoms with van der Waals surface area (Å²) in [4.78, 5) is 22.2. The summed E-state index contributed by atoms with van der Waals surface area (Å²) in [5.41, 5.74) is 11.3. The molecular formula is C14H20ClN3O3. The van der Waals surface area contributed by atoms with Gasteiger partial charge in [0.25, 0.3) is 0 Å². The van der Waals surface area contributed by atoms with Crippen molar-refractivity contribution < 1.29 is 14.3 Å². The largest absolute Gasteiger partial charge is 0.445 e. The lowest BCUT2D eigenvalue weighted by atomic mass is 10.1. The molecule has 1 aromatic carbocycles. The van der Waals surface area contributed by atoms with Gasteiger partial charge in [-0.15, -0.1) is 0 Å². The van der Waals surface area contributed by atoms with Gasteiger partial charge >= 0.3 is 6.09 Å². The number of halogens is 1. The second-order valence-corrected chi connectivity index (χ2v) is 5.01. The van der Waals surface area contributed by atoms with Crippen molar-refractivity contribution in [3.05, 3.63) is 34.9 Å². The smallest absolute Gasteiger partial charge is 0.407 e. The molecule has 0 heterocycles. The molecule has 0 aliphatic heterocycles. The first-order valence-electron chi connectivity index (χ1n) is 6.69. The Morgan fingerprint density at radius 2 is 2.00 bits per heavy atom. The Balaban J connectivity index is 2.12. The number of primary amides is 1. The number of nitrogens with one attached hydrogen (secondary N) is 1. The number of nitrogens with two attached hydrogens (primary N) is 2. The number of benzene rings is 1. The van der Waals surface area contributed by atoms with E-state index in [1.807, 2.05) is 12.1 Å². The monoisotopic (exact) mass is 313 g/mol. The summed E-state index contributed by atoms with van der Waals surface area (Å²) in [6.45, 7) is 0.574. The summed E-state index contributed by atoms with van der Waals surface area (Å²) in [6, 6.07) is 6.53. The third-order valence-electron chi connectivity index (χ3n) is 2.89. The van der Waals surface area contributed by atoms with Crippen LogP contribution in [0.4, 0.5) is 4.79 Å². The van der Waals surface area contributed by atoms with Gasteiger partial charge in [0.05, 0.1) is 6.04 Å². The quantitative estimate of drug-likeness (QED) is 0.633. The van der Waals surface area contributed by atoms with Crippen LogP contribution in [0, 0.1) is 0 Å². The maximum Gasteiger partial charge on any atom is 0.407 e. The lowest BCUT2D eigenvalue weighted by molar-refractivity contribution is -0.119. The molecule has 0 saturated carbocycles. The normalized spacial score (nSPS) is 11.7. The minimum absolute atomic E-state index is 0.123. The third-order valence-corrected chi connectivity index (χ3v) is 3.26. The van der Waals surface area contributed by atoms with Crippen molar-refractivity contribution in [2.24, 2.45) is 11.5 Å². The molecule has 0 bridgehead atoms. The predicted molar refractivity (Wildman–Crippen MR) is 80.7 cm³/mol. The maximum absolute atomic E-state index is 11.5. The summed E-state index contributed by atoms with van der Waals surface area (Å²) >= 11 is 5.95. The van der Waals surface area contributed by atoms with Gasteiger partial charge in [0.15, 0.2) is 0 Å². The van der Waals surface area contributed by atoms with Gasteiger partial charge in [-0.05, 0) is 25.3 Å². The van der Waals surface area contributed by atoms with Crippen molar-refractivity contribution >= 4 is 23.6 Å². The zero-order chi connectivity index (χ0) is 15.7. The number of alkyl carbamates (subject to hydrolysis) is 1. The number of hydrogen-bond acceptors (Lipinski definition) is 4. The van der Waals surface area contributed by atoms with Crippen LogP contribution in [0.2, 0.25) is 5.02 Å². The van der Waals surface area contributed by atoms with Crippen molar-refractivity contribution in [2.45, 2.75) is 31.9 Å². The van der Waals surface area contributed by atoms with E-state index in [1.165, 1.54) is 0 Å². The fourth-order valence-corrected chi connectivity index (χ4v) is 1.82. The van der Waals surface area contributed by atoms with E-state index in [-0.39, 0.29) is 6.61 Å². The van der Waals surface area contributed by atoms with Gasteiger partial charge in [0, 0.05) is 17.1 Å². The number of carbonyl (C=O) groups excluding carboxylic acids is 2. The van der Waals surface area contributed by atoms with Crippen LogP contribution in [0.15, 0.2) is 24.3 Å². The van der Waals surface area contributed by atoms with Crippen molar-refractivity contribution in [2.75, 3.05) is 6.54 Å². The van der Waals surface area contributed by atoms with Crippen molar-refractivity contribution in [3.8, 4) is 0 Å². The number of ether oxygens (including phenoxy) is 1. The molecule has 0 aromatic heterocycles. The molecule has 21 heavy (non-hydrogen) atoms. The molecule has 6 nitrogen and oxygen atoms in total. The van der Waals surface area contributed by atoms with Gasteiger partial charge in [-0.3, -0.25) is 4.79 Å². The highest BCUT2D eigenvalue weighted by Gasteiger charge is 2.08. The predicted octanol–water partition coefficient (Wildman–Crippen LogP) is 1.55. The highest BCUT2D eigenvalue weighted by atomic mass is 35.5. The Hall–Kier alpha value is -1.79. The Morgan fingerprint density at radius 3 is 2.67 bits per heavy atom. The number of unbranched alkanes of at least 4 members (excludes halogenated alkanes) is 1. The molecule has 0 aliphatic carbocycles. The van der Waals surface area contributed by atoms with E-state index in [9.17, 15) is 9.59 Å². The van der Waals surface area contributed by atoms with Gasteiger partial charge in [0.1, 0.15) is 6.61 Å². The average molecular weight is 314 g/mol. The molecule has 2 amide bonds. The minimum atomic E-state index is -0.628. The van der Waals surface area contributed by atoms with E-state index in [2.05, 4.69) is 5.32 Å². The van der Waals surface area contributed by atoms with Gasteiger partial charge in [-0.25, -0.2) is 4.79 Å². The van der Waals surface area contributed by atoms with Gasteiger partial charge in [-0.1, -0.05) is 29.8 Å². The molecule has 0 fully saturated rings. The van der Waals surface area contributed by atoms with E-state index >= 15 is 0 Å². The third kappa shape index (κ3) is 6.97. The van der Waals surface area contributed by atoms with Gasteiger partial charge in [0.2, 0.25) is 5.91 Å². The van der Waals surface area contributed by atoms with Crippen LogP contribution in [0.1, 0.15) is 24.8 Å². The van der Waals surface area contributed by atoms with Crippen LogP contribution in [0.25, 0.3) is 0 Å². The summed E-state index contributed by atoms with van der Waals surface area (Å²) in [6.07, 6.45) is 1.40. The Bertz CT molecular complexity index is 482. The fraction of sp³-hybridized carbons (Fsp3) is 0.429. The molecule has 1 atom stereocenters. The number of hydrogen-bond donors (Lipinski definition) is 3. The molecule has 5 N–H and O–H groups in total. The Labute approximate surface area is 128 Å². The molecule has 0 unspecified atom stereocenters. The molecule has 1 rings (SSSR count). The van der Waals surface area contributed by atoms with Crippen molar-refractivity contribution in [1.29, 1.82) is 0 Å². The first-order chi connectivity index (χ1) is 10.0.